The van der Waals surface area contributed by atoms with Crippen molar-refractivity contribution in [2.75, 3.05) is 13.7 Å². The lowest BCUT2D eigenvalue weighted by Gasteiger charge is -2.30. The first-order chi connectivity index (χ1) is 9.92. The first kappa shape index (κ1) is 14.4. The van der Waals surface area contributed by atoms with E-state index in [0.717, 1.165) is 12.0 Å². The topological polar surface area (TPSA) is 25.4 Å². The average Bonchev–Trinajstić information content (AvgIpc) is 2.66. The van der Waals surface area contributed by atoms with Gasteiger partial charge in [-0.3, -0.25) is 4.90 Å². The van der Waals surface area contributed by atoms with Crippen LogP contribution in [0.25, 0.3) is 5.57 Å². The third-order valence-corrected chi connectivity index (χ3v) is 4.23. The van der Waals surface area contributed by atoms with Crippen LogP contribution in [0.5, 0.6) is 5.88 Å². The normalized spacial score (nSPS) is 25.8. The van der Waals surface area contributed by atoms with E-state index in [1.165, 1.54) is 24.5 Å². The summed E-state index contributed by atoms with van der Waals surface area (Å²) >= 11 is 0. The smallest absolute Gasteiger partial charge is 0.422 e. The molecule has 2 atom stereocenters. The minimum absolute atomic E-state index is 0.00701. The van der Waals surface area contributed by atoms with Gasteiger partial charge in [0, 0.05) is 24.3 Å². The van der Waals surface area contributed by atoms with Gasteiger partial charge >= 0.3 is 6.18 Å². The molecule has 1 fully saturated rings. The molecule has 3 nitrogen and oxygen atoms in total. The third-order valence-electron chi connectivity index (χ3n) is 4.23. The second kappa shape index (κ2) is 5.33. The molecule has 0 N–H and O–H groups in total. The highest BCUT2D eigenvalue weighted by atomic mass is 19.4. The molecule has 2 aliphatic heterocycles. The number of hydrogen-bond acceptors (Lipinski definition) is 3. The van der Waals surface area contributed by atoms with Crippen LogP contribution in [-0.4, -0.2) is 41.8 Å². The lowest BCUT2D eigenvalue weighted by atomic mass is 9.96. The number of nitrogens with zero attached hydrogens (tertiary/aromatic N) is 2. The Kier molecular flexibility index (Phi) is 3.65. The van der Waals surface area contributed by atoms with E-state index in [4.69, 9.17) is 0 Å². The van der Waals surface area contributed by atoms with Crippen molar-refractivity contribution < 1.29 is 17.9 Å². The Bertz CT molecular complexity index is 539. The number of hydrogen-bond donors (Lipinski definition) is 0. The first-order valence-corrected chi connectivity index (χ1v) is 7.01. The summed E-state index contributed by atoms with van der Waals surface area (Å²) in [6.45, 7) is -1.31. The van der Waals surface area contributed by atoms with Crippen molar-refractivity contribution in [3.8, 4) is 5.88 Å². The zero-order valence-electron chi connectivity index (χ0n) is 11.7. The van der Waals surface area contributed by atoms with Gasteiger partial charge < -0.3 is 4.74 Å². The van der Waals surface area contributed by atoms with Gasteiger partial charge in [0.05, 0.1) is 0 Å². The van der Waals surface area contributed by atoms with Crippen LogP contribution in [0.1, 0.15) is 24.8 Å². The van der Waals surface area contributed by atoms with Crippen molar-refractivity contribution in [2.45, 2.75) is 37.5 Å². The Morgan fingerprint density at radius 1 is 1.33 bits per heavy atom. The molecule has 0 radical (unpaired) electrons. The largest absolute Gasteiger partial charge is 0.468 e. The first-order valence-electron chi connectivity index (χ1n) is 7.01. The maximum atomic E-state index is 12.1. The molecule has 6 heteroatoms. The Morgan fingerprint density at radius 3 is 2.76 bits per heavy atom. The summed E-state index contributed by atoms with van der Waals surface area (Å²) in [5, 5.41) is 0. The molecule has 0 aromatic carbocycles. The van der Waals surface area contributed by atoms with Crippen LogP contribution in [0.2, 0.25) is 0 Å². The van der Waals surface area contributed by atoms with Crippen LogP contribution in [0.4, 0.5) is 13.2 Å². The maximum Gasteiger partial charge on any atom is 0.422 e. The van der Waals surface area contributed by atoms with E-state index in [0.29, 0.717) is 12.1 Å². The molecule has 0 amide bonds. The van der Waals surface area contributed by atoms with Gasteiger partial charge in [-0.15, -0.1) is 0 Å². The molecular weight excluding hydrogens is 281 g/mol. The van der Waals surface area contributed by atoms with Crippen LogP contribution in [0, 0.1) is 0 Å². The molecule has 21 heavy (non-hydrogen) atoms. The number of alkyl halides is 3. The molecule has 2 bridgehead atoms. The minimum atomic E-state index is -4.34. The quantitative estimate of drug-likeness (QED) is 0.856. The summed E-state index contributed by atoms with van der Waals surface area (Å²) in [4.78, 5) is 6.36. The molecule has 2 aliphatic rings. The predicted octanol–water partition coefficient (Wildman–Crippen LogP) is 3.27. The monoisotopic (exact) mass is 298 g/mol. The van der Waals surface area contributed by atoms with Gasteiger partial charge in [-0.25, -0.2) is 4.98 Å². The molecule has 2 unspecified atom stereocenters. The number of halogens is 3. The van der Waals surface area contributed by atoms with E-state index in [-0.39, 0.29) is 5.88 Å². The van der Waals surface area contributed by atoms with Crippen LogP contribution in [0.15, 0.2) is 24.4 Å². The summed E-state index contributed by atoms with van der Waals surface area (Å²) in [5.74, 6) is 0.00701. The van der Waals surface area contributed by atoms with Gasteiger partial charge in [0.15, 0.2) is 6.61 Å². The number of likely N-dealkylation sites (N-methyl/N-ethyl adjacent to an activating group) is 1. The maximum absolute atomic E-state index is 12.1. The van der Waals surface area contributed by atoms with Crippen molar-refractivity contribution in [1.82, 2.24) is 9.88 Å². The minimum Gasteiger partial charge on any atom is -0.468 e. The fraction of sp³-hybridized carbons (Fsp3) is 0.533. The average molecular weight is 298 g/mol. The van der Waals surface area contributed by atoms with E-state index >= 15 is 0 Å². The number of aromatic nitrogens is 1. The van der Waals surface area contributed by atoms with Gasteiger partial charge in [0.25, 0.3) is 0 Å². The highest BCUT2D eigenvalue weighted by Gasteiger charge is 2.34. The van der Waals surface area contributed by atoms with Crippen molar-refractivity contribution in [2.24, 2.45) is 0 Å². The van der Waals surface area contributed by atoms with E-state index < -0.39 is 12.8 Å². The second-order valence-electron chi connectivity index (χ2n) is 5.65. The van der Waals surface area contributed by atoms with Crippen molar-refractivity contribution in [3.63, 3.8) is 0 Å². The zero-order chi connectivity index (χ0) is 15.0. The van der Waals surface area contributed by atoms with Crippen LogP contribution in [-0.2, 0) is 0 Å². The van der Waals surface area contributed by atoms with Gasteiger partial charge in [-0.2, -0.15) is 13.2 Å². The SMILES string of the molecule is CN1C2C=C(c3ccc(OCC(F)(F)F)nc3)CC1CC2. The van der Waals surface area contributed by atoms with Gasteiger partial charge in [-0.1, -0.05) is 6.08 Å². The van der Waals surface area contributed by atoms with Gasteiger partial charge in [-0.05, 0) is 43.5 Å². The molecule has 1 aromatic heterocycles. The number of fused-ring (bicyclic) bond motifs is 2. The molecule has 0 aliphatic carbocycles. The van der Waals surface area contributed by atoms with E-state index in [9.17, 15) is 13.2 Å². The Hall–Kier alpha value is -1.56. The number of rotatable bonds is 3. The van der Waals surface area contributed by atoms with Gasteiger partial charge in [0.1, 0.15) is 0 Å². The lowest BCUT2D eigenvalue weighted by Crippen LogP contribution is -2.34. The van der Waals surface area contributed by atoms with Crippen LogP contribution in [0.3, 0.4) is 0 Å². The van der Waals surface area contributed by atoms with Gasteiger partial charge in [0.2, 0.25) is 5.88 Å². The molecule has 1 saturated heterocycles. The molecular formula is C15H17F3N2O. The van der Waals surface area contributed by atoms with E-state index in [1.54, 1.807) is 12.3 Å². The standard InChI is InChI=1S/C15H17F3N2O/c1-20-12-3-4-13(20)7-11(6-12)10-2-5-14(19-8-10)21-9-15(16,17)18/h2,5-6,8,12-13H,3-4,7,9H2,1H3. The van der Waals surface area contributed by atoms with E-state index in [1.807, 2.05) is 0 Å². The Morgan fingerprint density at radius 2 is 2.14 bits per heavy atom. The van der Waals surface area contributed by atoms with E-state index in [2.05, 4.69) is 27.7 Å². The lowest BCUT2D eigenvalue weighted by molar-refractivity contribution is -0.154. The third kappa shape index (κ3) is 3.20. The molecule has 0 saturated carbocycles. The molecule has 3 heterocycles. The molecule has 114 valence electrons. The van der Waals surface area contributed by atoms with Crippen molar-refractivity contribution >= 4 is 5.57 Å². The molecule has 1 aromatic rings. The van der Waals surface area contributed by atoms with Crippen LogP contribution >= 0.6 is 0 Å². The molecule has 3 rings (SSSR count). The fourth-order valence-corrected chi connectivity index (χ4v) is 3.07. The molecule has 0 spiro atoms. The second-order valence-corrected chi connectivity index (χ2v) is 5.65. The summed E-state index contributed by atoms with van der Waals surface area (Å²) in [5.41, 5.74) is 2.20. The van der Waals surface area contributed by atoms with Crippen molar-refractivity contribution in [3.05, 3.63) is 30.0 Å². The van der Waals surface area contributed by atoms with Crippen molar-refractivity contribution in [1.29, 1.82) is 0 Å². The Balaban J connectivity index is 1.69. The Labute approximate surface area is 121 Å². The fourth-order valence-electron chi connectivity index (χ4n) is 3.07. The van der Waals surface area contributed by atoms with Crippen LogP contribution < -0.4 is 4.74 Å². The zero-order valence-corrected chi connectivity index (χ0v) is 11.7. The summed E-state index contributed by atoms with van der Waals surface area (Å²) < 4.78 is 40.8. The summed E-state index contributed by atoms with van der Waals surface area (Å²) in [6.07, 6.45) is 2.85. The predicted molar refractivity (Wildman–Crippen MR) is 73.0 cm³/mol. The number of ether oxygens (including phenoxy) is 1. The highest BCUT2D eigenvalue weighted by Crippen LogP contribution is 2.37. The summed E-state index contributed by atoms with van der Waals surface area (Å²) in [7, 11) is 2.14. The highest BCUT2D eigenvalue weighted by molar-refractivity contribution is 5.67. The summed E-state index contributed by atoms with van der Waals surface area (Å²) in [6, 6.07) is 4.33. The number of pyridine rings is 1.